The van der Waals surface area contributed by atoms with Gasteiger partial charge in [0.2, 0.25) is 0 Å². The topological polar surface area (TPSA) is 61.8 Å². The molecule has 0 amide bonds. The van der Waals surface area contributed by atoms with Crippen LogP contribution in [0.1, 0.15) is 38.1 Å². The second-order valence-corrected chi connectivity index (χ2v) is 9.98. The van der Waals surface area contributed by atoms with E-state index in [0.29, 0.717) is 12.0 Å². The molecule has 5 rings (SSSR count). The third-order valence-corrected chi connectivity index (χ3v) is 7.69. The molecular formula is C26H23BrFN3O. The minimum atomic E-state index is -0.385. The highest BCUT2D eigenvalue weighted by Gasteiger charge is 2.50. The maximum atomic E-state index is 14.2. The fraction of sp³-hybridized carbons (Fsp3) is 0.308. The van der Waals surface area contributed by atoms with Gasteiger partial charge in [0.1, 0.15) is 17.4 Å². The molecule has 0 spiro atoms. The lowest BCUT2D eigenvalue weighted by atomic mass is 9.57. The van der Waals surface area contributed by atoms with Crippen LogP contribution in [0, 0.1) is 29.0 Å². The normalized spacial score (nSPS) is 24.6. The average molecular weight is 492 g/mol. The Morgan fingerprint density at radius 2 is 2.03 bits per heavy atom. The first kappa shape index (κ1) is 21.0. The molecule has 4 nitrogen and oxygen atoms in total. The molecule has 1 heterocycles. The molecule has 0 radical (unpaired) electrons. The lowest BCUT2D eigenvalue weighted by Gasteiger charge is -2.46. The summed E-state index contributed by atoms with van der Waals surface area (Å²) in [5.41, 5.74) is 3.71. The van der Waals surface area contributed by atoms with E-state index in [1.165, 1.54) is 12.1 Å². The second-order valence-electron chi connectivity index (χ2n) is 9.06. The number of aromatic nitrogens is 2. The molecule has 3 aromatic rings. The number of aliphatic hydroxyl groups excluding tert-OH is 1. The molecule has 32 heavy (non-hydrogen) atoms. The van der Waals surface area contributed by atoms with Gasteiger partial charge >= 0.3 is 0 Å². The SMILES string of the molecule is C[C@H]1C(O)=C(C#N)C[C@@]2(C)c3nc(-c4cccc(Br)c4)n(-c4cccc(F)c4)c3CC[C@H]12. The quantitative estimate of drug-likeness (QED) is 0.437. The van der Waals surface area contributed by atoms with Crippen LogP contribution in [0.3, 0.4) is 0 Å². The van der Waals surface area contributed by atoms with E-state index in [1.54, 1.807) is 6.07 Å². The molecule has 0 saturated carbocycles. The molecule has 0 saturated heterocycles. The Kier molecular flexibility index (Phi) is 4.98. The summed E-state index contributed by atoms with van der Waals surface area (Å²) >= 11 is 3.55. The number of nitriles is 1. The molecule has 0 fully saturated rings. The van der Waals surface area contributed by atoms with Crippen LogP contribution in [-0.2, 0) is 11.8 Å². The number of benzene rings is 2. The number of rotatable bonds is 2. The van der Waals surface area contributed by atoms with Crippen LogP contribution < -0.4 is 0 Å². The van der Waals surface area contributed by atoms with Crippen LogP contribution in [-0.4, -0.2) is 14.7 Å². The number of aliphatic hydroxyl groups is 1. The molecule has 1 N–H and O–H groups in total. The number of imidazole rings is 1. The van der Waals surface area contributed by atoms with E-state index in [9.17, 15) is 14.8 Å². The van der Waals surface area contributed by atoms with Crippen LogP contribution in [0.2, 0.25) is 0 Å². The lowest BCUT2D eigenvalue weighted by Crippen LogP contribution is -2.44. The monoisotopic (exact) mass is 491 g/mol. The van der Waals surface area contributed by atoms with Gasteiger partial charge in [0.15, 0.2) is 0 Å². The summed E-state index contributed by atoms with van der Waals surface area (Å²) in [7, 11) is 0. The van der Waals surface area contributed by atoms with Crippen LogP contribution in [0.5, 0.6) is 0 Å². The van der Waals surface area contributed by atoms with Gasteiger partial charge in [0, 0.05) is 27.1 Å². The van der Waals surface area contributed by atoms with Crippen LogP contribution in [0.4, 0.5) is 4.39 Å². The van der Waals surface area contributed by atoms with E-state index in [0.717, 1.165) is 45.8 Å². The van der Waals surface area contributed by atoms with Gasteiger partial charge in [-0.2, -0.15) is 5.26 Å². The first-order valence-electron chi connectivity index (χ1n) is 10.8. The zero-order valence-corrected chi connectivity index (χ0v) is 19.5. The summed E-state index contributed by atoms with van der Waals surface area (Å²) in [6.45, 7) is 4.15. The van der Waals surface area contributed by atoms with Gasteiger partial charge in [-0.25, -0.2) is 9.37 Å². The first-order valence-corrected chi connectivity index (χ1v) is 11.6. The van der Waals surface area contributed by atoms with Gasteiger partial charge in [0.05, 0.1) is 23.0 Å². The summed E-state index contributed by atoms with van der Waals surface area (Å²) in [5, 5.41) is 20.3. The van der Waals surface area contributed by atoms with E-state index >= 15 is 0 Å². The number of nitrogens with zero attached hydrogens (tertiary/aromatic N) is 3. The Morgan fingerprint density at radius 1 is 1.25 bits per heavy atom. The van der Waals surface area contributed by atoms with Gasteiger partial charge in [-0.1, -0.05) is 48.0 Å². The minimum Gasteiger partial charge on any atom is -0.511 e. The maximum absolute atomic E-state index is 14.2. The summed E-state index contributed by atoms with van der Waals surface area (Å²) in [4.78, 5) is 5.16. The number of allylic oxidation sites excluding steroid dienone is 2. The van der Waals surface area contributed by atoms with Gasteiger partial charge < -0.3 is 5.11 Å². The van der Waals surface area contributed by atoms with Crippen LogP contribution in [0.15, 0.2) is 64.3 Å². The van der Waals surface area contributed by atoms with Crippen LogP contribution >= 0.6 is 15.9 Å². The second kappa shape index (κ2) is 7.60. The highest BCUT2D eigenvalue weighted by Crippen LogP contribution is 2.53. The predicted octanol–water partition coefficient (Wildman–Crippen LogP) is 6.64. The zero-order chi connectivity index (χ0) is 22.6. The third-order valence-electron chi connectivity index (χ3n) is 7.20. The summed E-state index contributed by atoms with van der Waals surface area (Å²) in [6.07, 6.45) is 2.09. The Labute approximate surface area is 195 Å². The summed E-state index contributed by atoms with van der Waals surface area (Å²) in [6, 6.07) is 16.7. The fourth-order valence-corrected chi connectivity index (χ4v) is 6.08. The summed E-state index contributed by atoms with van der Waals surface area (Å²) < 4.78 is 17.2. The Hall–Kier alpha value is -2.91. The van der Waals surface area contributed by atoms with Crippen molar-refractivity contribution in [2.75, 3.05) is 0 Å². The van der Waals surface area contributed by atoms with E-state index in [1.807, 2.05) is 37.3 Å². The molecule has 3 atom stereocenters. The summed E-state index contributed by atoms with van der Waals surface area (Å²) in [5.74, 6) is 0.753. The standard InChI is InChI=1S/C26H23BrFN3O/c1-15-21-9-10-22-24(26(21,2)13-17(14-29)23(15)32)30-25(16-5-3-6-18(27)11-16)31(22)20-8-4-7-19(28)12-20/h3-8,11-12,15,21,32H,9-10,13H2,1-2H3/t15-,21-,26-/m1/s1. The lowest BCUT2D eigenvalue weighted by molar-refractivity contribution is 0.135. The molecule has 2 aromatic carbocycles. The van der Waals surface area contributed by atoms with E-state index in [2.05, 4.69) is 33.5 Å². The molecule has 2 aliphatic rings. The van der Waals surface area contributed by atoms with Gasteiger partial charge in [-0.05, 0) is 55.5 Å². The molecule has 162 valence electrons. The molecule has 0 unspecified atom stereocenters. The molecule has 6 heteroatoms. The molecule has 0 bridgehead atoms. The van der Waals surface area contributed by atoms with Crippen molar-refractivity contribution in [3.8, 4) is 23.1 Å². The Morgan fingerprint density at radius 3 is 2.75 bits per heavy atom. The third kappa shape index (κ3) is 3.10. The first-order chi connectivity index (χ1) is 15.3. The predicted molar refractivity (Wildman–Crippen MR) is 125 cm³/mol. The van der Waals surface area contributed by atoms with Gasteiger partial charge in [0.25, 0.3) is 0 Å². The highest BCUT2D eigenvalue weighted by molar-refractivity contribution is 9.10. The number of hydrogen-bond donors (Lipinski definition) is 1. The van der Waals surface area contributed by atoms with Crippen molar-refractivity contribution in [2.45, 2.75) is 38.5 Å². The van der Waals surface area contributed by atoms with E-state index in [4.69, 9.17) is 4.98 Å². The van der Waals surface area contributed by atoms with E-state index < -0.39 is 0 Å². The molecule has 0 aliphatic heterocycles. The largest absolute Gasteiger partial charge is 0.511 e. The fourth-order valence-electron chi connectivity index (χ4n) is 5.68. The Bertz CT molecular complexity index is 1300. The smallest absolute Gasteiger partial charge is 0.145 e. The molecule has 2 aliphatic carbocycles. The van der Waals surface area contributed by atoms with E-state index in [-0.39, 0.29) is 28.8 Å². The highest BCUT2D eigenvalue weighted by atomic mass is 79.9. The van der Waals surface area contributed by atoms with Crippen molar-refractivity contribution in [3.05, 3.63) is 81.5 Å². The number of halogens is 2. The molecular weight excluding hydrogens is 469 g/mol. The van der Waals surface area contributed by atoms with Crippen molar-refractivity contribution in [3.63, 3.8) is 0 Å². The minimum absolute atomic E-state index is 0.106. The van der Waals surface area contributed by atoms with Crippen LogP contribution in [0.25, 0.3) is 17.1 Å². The number of hydrogen-bond acceptors (Lipinski definition) is 3. The van der Waals surface area contributed by atoms with Crippen molar-refractivity contribution in [1.29, 1.82) is 5.26 Å². The van der Waals surface area contributed by atoms with Crippen molar-refractivity contribution in [2.24, 2.45) is 11.8 Å². The Balaban J connectivity index is 1.78. The van der Waals surface area contributed by atoms with Crippen molar-refractivity contribution >= 4 is 15.9 Å². The van der Waals surface area contributed by atoms with Crippen molar-refractivity contribution < 1.29 is 9.50 Å². The zero-order valence-electron chi connectivity index (χ0n) is 17.9. The van der Waals surface area contributed by atoms with Gasteiger partial charge in [-0.3, -0.25) is 4.57 Å². The number of fused-ring (bicyclic) bond motifs is 3. The maximum Gasteiger partial charge on any atom is 0.145 e. The average Bonchev–Trinajstić information content (AvgIpc) is 3.17. The van der Waals surface area contributed by atoms with Gasteiger partial charge in [-0.15, -0.1) is 0 Å². The van der Waals surface area contributed by atoms with Crippen molar-refractivity contribution in [1.82, 2.24) is 9.55 Å². The molecule has 1 aromatic heterocycles.